The van der Waals surface area contributed by atoms with Gasteiger partial charge in [-0.1, -0.05) is 29.8 Å². The summed E-state index contributed by atoms with van der Waals surface area (Å²) in [6, 6.07) is 0. The maximum absolute atomic E-state index is 11.6. The van der Waals surface area contributed by atoms with E-state index in [1.54, 1.807) is 0 Å². The topological polar surface area (TPSA) is 55.4 Å². The molecular formula is C11H24BrNO3S. The predicted octanol–water partition coefficient (Wildman–Crippen LogP) is 2.14. The summed E-state index contributed by atoms with van der Waals surface area (Å²) in [6.45, 7) is 8.67. The second kappa shape index (κ2) is 8.45. The molecule has 0 aromatic heterocycles. The molecule has 0 spiro atoms. The van der Waals surface area contributed by atoms with Crippen molar-refractivity contribution in [1.29, 1.82) is 0 Å². The van der Waals surface area contributed by atoms with Gasteiger partial charge in [0.15, 0.2) is 0 Å². The number of hydrogen-bond acceptors (Lipinski definition) is 3. The van der Waals surface area contributed by atoms with E-state index in [0.717, 1.165) is 6.42 Å². The quantitative estimate of drug-likeness (QED) is 0.659. The van der Waals surface area contributed by atoms with E-state index in [2.05, 4.69) is 34.5 Å². The van der Waals surface area contributed by atoms with Gasteiger partial charge in [0, 0.05) is 11.4 Å². The number of ether oxygens (including phenoxy) is 1. The van der Waals surface area contributed by atoms with Crippen LogP contribution in [0, 0.1) is 5.92 Å². The molecule has 0 saturated heterocycles. The zero-order valence-electron chi connectivity index (χ0n) is 11.1. The van der Waals surface area contributed by atoms with Gasteiger partial charge in [-0.15, -0.1) is 0 Å². The molecule has 104 valence electrons. The lowest BCUT2D eigenvalue weighted by Crippen LogP contribution is -2.33. The number of sulfonamides is 1. The lowest BCUT2D eigenvalue weighted by atomic mass is 10.1. The van der Waals surface area contributed by atoms with Crippen molar-refractivity contribution in [2.75, 3.05) is 18.9 Å². The van der Waals surface area contributed by atoms with Crippen LogP contribution in [-0.2, 0) is 14.8 Å². The molecular weight excluding hydrogens is 306 g/mol. The van der Waals surface area contributed by atoms with E-state index in [9.17, 15) is 8.42 Å². The predicted molar refractivity (Wildman–Crippen MR) is 75.0 cm³/mol. The number of rotatable bonds is 9. The summed E-state index contributed by atoms with van der Waals surface area (Å²) >= 11 is 3.46. The first-order chi connectivity index (χ1) is 7.73. The summed E-state index contributed by atoms with van der Waals surface area (Å²) in [4.78, 5) is 0.184. The molecule has 0 rings (SSSR count). The zero-order chi connectivity index (χ0) is 13.5. The van der Waals surface area contributed by atoms with Crippen molar-refractivity contribution in [1.82, 2.24) is 4.72 Å². The van der Waals surface area contributed by atoms with Crippen LogP contribution in [0.25, 0.3) is 0 Å². The molecule has 0 aliphatic heterocycles. The van der Waals surface area contributed by atoms with Crippen LogP contribution in [-0.4, -0.2) is 38.3 Å². The van der Waals surface area contributed by atoms with Gasteiger partial charge in [0.25, 0.3) is 0 Å². The Bertz CT molecular complexity index is 291. The average Bonchev–Trinajstić information content (AvgIpc) is 2.13. The van der Waals surface area contributed by atoms with Crippen molar-refractivity contribution in [3.05, 3.63) is 0 Å². The highest BCUT2D eigenvalue weighted by atomic mass is 79.9. The van der Waals surface area contributed by atoms with Crippen LogP contribution in [0.2, 0.25) is 0 Å². The summed E-state index contributed by atoms with van der Waals surface area (Å²) in [5.41, 5.74) is 0. The fourth-order valence-corrected chi connectivity index (χ4v) is 3.32. The summed E-state index contributed by atoms with van der Waals surface area (Å²) < 4.78 is 31.0. The van der Waals surface area contributed by atoms with Crippen LogP contribution >= 0.6 is 15.9 Å². The summed E-state index contributed by atoms with van der Waals surface area (Å²) in [5, 5.41) is 0. The first kappa shape index (κ1) is 17.4. The molecule has 6 heteroatoms. The number of hydrogen-bond donors (Lipinski definition) is 1. The van der Waals surface area contributed by atoms with Crippen molar-refractivity contribution in [3.8, 4) is 0 Å². The van der Waals surface area contributed by atoms with E-state index < -0.39 is 10.0 Å². The lowest BCUT2D eigenvalue weighted by molar-refractivity contribution is 0.0911. The van der Waals surface area contributed by atoms with Gasteiger partial charge in [-0.05, 0) is 26.2 Å². The molecule has 0 saturated carbocycles. The van der Waals surface area contributed by atoms with Crippen molar-refractivity contribution < 1.29 is 13.2 Å². The van der Waals surface area contributed by atoms with Gasteiger partial charge in [-0.25, -0.2) is 13.1 Å². The molecule has 1 N–H and O–H groups in total. The Hall–Kier alpha value is 0.350. The van der Waals surface area contributed by atoms with Gasteiger partial charge in [0.1, 0.15) is 0 Å². The van der Waals surface area contributed by atoms with Gasteiger partial charge < -0.3 is 4.74 Å². The fourth-order valence-electron chi connectivity index (χ4n) is 1.28. The van der Waals surface area contributed by atoms with Crippen LogP contribution < -0.4 is 4.72 Å². The Morgan fingerprint density at radius 3 is 2.29 bits per heavy atom. The first-order valence-corrected chi connectivity index (χ1v) is 8.52. The fraction of sp³-hybridized carbons (Fsp3) is 1.00. The molecule has 0 heterocycles. The van der Waals surface area contributed by atoms with Gasteiger partial charge in [0.05, 0.1) is 18.5 Å². The minimum atomic E-state index is -3.21. The highest BCUT2D eigenvalue weighted by Crippen LogP contribution is 2.11. The Morgan fingerprint density at radius 1 is 1.24 bits per heavy atom. The Labute approximate surface area is 114 Å². The molecule has 0 amide bonds. The summed E-state index contributed by atoms with van der Waals surface area (Å²) in [7, 11) is -3.21. The smallest absolute Gasteiger partial charge is 0.213 e. The van der Waals surface area contributed by atoms with E-state index in [0.29, 0.717) is 12.5 Å². The van der Waals surface area contributed by atoms with Crippen LogP contribution in [0.1, 0.15) is 34.1 Å². The molecule has 0 fully saturated rings. The average molecular weight is 330 g/mol. The SMILES string of the molecule is CC(C)CC(Br)CNS(=O)(=O)CCOC(C)C. The maximum atomic E-state index is 11.6. The molecule has 0 radical (unpaired) electrons. The van der Waals surface area contributed by atoms with Gasteiger partial charge in [0.2, 0.25) is 10.0 Å². The van der Waals surface area contributed by atoms with Crippen molar-refractivity contribution in [2.45, 2.75) is 45.0 Å². The number of halogens is 1. The van der Waals surface area contributed by atoms with Crippen LogP contribution in [0.5, 0.6) is 0 Å². The third kappa shape index (κ3) is 11.2. The van der Waals surface area contributed by atoms with Crippen molar-refractivity contribution in [3.63, 3.8) is 0 Å². The Kier molecular flexibility index (Phi) is 8.63. The van der Waals surface area contributed by atoms with Crippen LogP contribution in [0.15, 0.2) is 0 Å². The summed E-state index contributed by atoms with van der Waals surface area (Å²) in [6.07, 6.45) is 1.01. The van der Waals surface area contributed by atoms with Crippen LogP contribution in [0.3, 0.4) is 0 Å². The van der Waals surface area contributed by atoms with E-state index in [1.165, 1.54) is 0 Å². The maximum Gasteiger partial charge on any atom is 0.213 e. The zero-order valence-corrected chi connectivity index (χ0v) is 13.5. The monoisotopic (exact) mass is 329 g/mol. The van der Waals surface area contributed by atoms with Gasteiger partial charge >= 0.3 is 0 Å². The Balaban J connectivity index is 3.85. The first-order valence-electron chi connectivity index (χ1n) is 5.96. The van der Waals surface area contributed by atoms with E-state index in [1.807, 2.05) is 13.8 Å². The molecule has 0 aromatic carbocycles. The molecule has 1 unspecified atom stereocenters. The highest BCUT2D eigenvalue weighted by molar-refractivity contribution is 9.09. The van der Waals surface area contributed by atoms with Crippen molar-refractivity contribution >= 4 is 26.0 Å². The molecule has 4 nitrogen and oxygen atoms in total. The normalized spacial score (nSPS) is 14.5. The second-order valence-corrected chi connectivity index (χ2v) is 8.04. The molecule has 0 aliphatic rings. The second-order valence-electron chi connectivity index (χ2n) is 4.81. The van der Waals surface area contributed by atoms with E-state index >= 15 is 0 Å². The number of alkyl halides is 1. The third-order valence-corrected chi connectivity index (χ3v) is 4.06. The van der Waals surface area contributed by atoms with E-state index in [-0.39, 0.29) is 23.3 Å². The van der Waals surface area contributed by atoms with E-state index in [4.69, 9.17) is 4.74 Å². The summed E-state index contributed by atoms with van der Waals surface area (Å²) in [5.74, 6) is 0.570. The minimum absolute atomic E-state index is 0.0204. The minimum Gasteiger partial charge on any atom is -0.378 e. The number of nitrogens with one attached hydrogen (secondary N) is 1. The molecule has 0 aliphatic carbocycles. The highest BCUT2D eigenvalue weighted by Gasteiger charge is 2.14. The van der Waals surface area contributed by atoms with Crippen LogP contribution in [0.4, 0.5) is 0 Å². The molecule has 1 atom stereocenters. The van der Waals surface area contributed by atoms with Gasteiger partial charge in [-0.2, -0.15) is 0 Å². The molecule has 0 aromatic rings. The largest absolute Gasteiger partial charge is 0.378 e. The lowest BCUT2D eigenvalue weighted by Gasteiger charge is -2.14. The molecule has 0 bridgehead atoms. The Morgan fingerprint density at radius 2 is 1.82 bits per heavy atom. The standard InChI is InChI=1S/C11H24BrNO3S/c1-9(2)7-11(12)8-13-17(14,15)6-5-16-10(3)4/h9-11,13H,5-8H2,1-4H3. The van der Waals surface area contributed by atoms with Crippen molar-refractivity contribution in [2.24, 2.45) is 5.92 Å². The van der Waals surface area contributed by atoms with Gasteiger partial charge in [-0.3, -0.25) is 0 Å². The third-order valence-electron chi connectivity index (χ3n) is 2.06. The molecule has 17 heavy (non-hydrogen) atoms.